The first-order valence-corrected chi connectivity index (χ1v) is 12.2. The molecule has 0 saturated carbocycles. The van der Waals surface area contributed by atoms with E-state index in [9.17, 15) is 13.2 Å². The predicted molar refractivity (Wildman–Crippen MR) is 119 cm³/mol. The van der Waals surface area contributed by atoms with Crippen molar-refractivity contribution in [2.24, 2.45) is 0 Å². The van der Waals surface area contributed by atoms with E-state index in [0.717, 1.165) is 42.5 Å². The van der Waals surface area contributed by atoms with Crippen molar-refractivity contribution < 1.29 is 13.2 Å². The van der Waals surface area contributed by atoms with E-state index in [1.165, 1.54) is 0 Å². The van der Waals surface area contributed by atoms with Crippen LogP contribution >= 0.6 is 0 Å². The number of carbonyl (C=O) groups is 1. The summed E-state index contributed by atoms with van der Waals surface area (Å²) in [5.74, 6) is -0.0105. The topological polar surface area (TPSA) is 59.4 Å². The van der Waals surface area contributed by atoms with Gasteiger partial charge >= 0.3 is 0 Å². The maximum absolute atomic E-state index is 13.2. The number of aromatic nitrogens is 1. The van der Waals surface area contributed by atoms with Gasteiger partial charge in [0.1, 0.15) is 6.54 Å². The smallest absolute Gasteiger partial charge is 0.242 e. The Hall–Kier alpha value is -2.60. The Morgan fingerprint density at radius 2 is 1.80 bits per heavy atom. The molecule has 0 N–H and O–H groups in total. The standard InChI is InChI=1S/C24H28N2O3S/c1-18-10-12-20(13-11-18)17-30(28,29)23-15-25(22-9-4-3-8-21(22)23)16-24(27)26-14-6-5-7-19(26)2/h3-4,8-13,15,19H,5-7,14,16-17H2,1-2H3. The zero-order valence-electron chi connectivity index (χ0n) is 17.5. The Labute approximate surface area is 178 Å². The second-order valence-electron chi connectivity index (χ2n) is 8.32. The Kier molecular flexibility index (Phi) is 5.69. The van der Waals surface area contributed by atoms with E-state index < -0.39 is 9.84 Å². The molecule has 1 fully saturated rings. The van der Waals surface area contributed by atoms with Gasteiger partial charge in [0, 0.05) is 29.7 Å². The maximum Gasteiger partial charge on any atom is 0.242 e. The van der Waals surface area contributed by atoms with Crippen LogP contribution in [-0.2, 0) is 26.9 Å². The van der Waals surface area contributed by atoms with Gasteiger partial charge in [-0.1, -0.05) is 48.0 Å². The number of benzene rings is 2. The Bertz CT molecular complexity index is 1160. The van der Waals surface area contributed by atoms with Crippen LogP contribution in [0.15, 0.2) is 59.6 Å². The van der Waals surface area contributed by atoms with E-state index in [4.69, 9.17) is 0 Å². The van der Waals surface area contributed by atoms with Gasteiger partial charge in [-0.25, -0.2) is 8.42 Å². The third kappa shape index (κ3) is 4.15. The average molecular weight is 425 g/mol. The van der Waals surface area contributed by atoms with Gasteiger partial charge in [0.15, 0.2) is 9.84 Å². The number of hydrogen-bond acceptors (Lipinski definition) is 3. The van der Waals surface area contributed by atoms with E-state index in [2.05, 4.69) is 6.92 Å². The van der Waals surface area contributed by atoms with Crippen LogP contribution in [0.5, 0.6) is 0 Å². The molecule has 1 amide bonds. The minimum atomic E-state index is -3.55. The molecule has 1 atom stereocenters. The highest BCUT2D eigenvalue weighted by atomic mass is 32.2. The van der Waals surface area contributed by atoms with E-state index >= 15 is 0 Å². The zero-order chi connectivity index (χ0) is 21.3. The van der Waals surface area contributed by atoms with Gasteiger partial charge in [0.2, 0.25) is 5.91 Å². The number of para-hydroxylation sites is 1. The Morgan fingerprint density at radius 3 is 2.53 bits per heavy atom. The number of rotatable bonds is 5. The number of piperidine rings is 1. The third-order valence-electron chi connectivity index (χ3n) is 5.99. The fourth-order valence-electron chi connectivity index (χ4n) is 4.28. The highest BCUT2D eigenvalue weighted by Gasteiger charge is 2.26. The van der Waals surface area contributed by atoms with Crippen molar-refractivity contribution in [3.63, 3.8) is 0 Å². The van der Waals surface area contributed by atoms with Gasteiger partial charge in [0.05, 0.1) is 10.6 Å². The van der Waals surface area contributed by atoms with Gasteiger partial charge in [-0.3, -0.25) is 4.79 Å². The molecule has 3 aromatic rings. The first-order valence-electron chi connectivity index (χ1n) is 10.5. The second kappa shape index (κ2) is 8.26. The van der Waals surface area contributed by atoms with Crippen LogP contribution in [-0.4, -0.2) is 36.4 Å². The zero-order valence-corrected chi connectivity index (χ0v) is 18.4. The molecule has 1 aromatic heterocycles. The summed E-state index contributed by atoms with van der Waals surface area (Å²) < 4.78 is 28.3. The first kappa shape index (κ1) is 20.7. The fraction of sp³-hybridized carbons (Fsp3) is 0.375. The van der Waals surface area contributed by atoms with Crippen LogP contribution in [0.4, 0.5) is 0 Å². The Morgan fingerprint density at radius 1 is 1.07 bits per heavy atom. The number of hydrogen-bond donors (Lipinski definition) is 0. The summed E-state index contributed by atoms with van der Waals surface area (Å²) in [4.78, 5) is 15.2. The van der Waals surface area contributed by atoms with Crippen molar-refractivity contribution in [3.05, 3.63) is 65.9 Å². The van der Waals surface area contributed by atoms with Crippen LogP contribution < -0.4 is 0 Å². The summed E-state index contributed by atoms with van der Waals surface area (Å²) in [6.07, 6.45) is 4.84. The molecule has 1 aliphatic heterocycles. The summed E-state index contributed by atoms with van der Waals surface area (Å²) in [6, 6.07) is 15.2. The molecular formula is C24H28N2O3S. The summed E-state index contributed by atoms with van der Waals surface area (Å²) in [5, 5.41) is 0.670. The highest BCUT2D eigenvalue weighted by Crippen LogP contribution is 2.28. The van der Waals surface area contributed by atoms with Crippen LogP contribution in [0.25, 0.3) is 10.9 Å². The number of amides is 1. The molecule has 1 aliphatic rings. The largest absolute Gasteiger partial charge is 0.338 e. The van der Waals surface area contributed by atoms with Crippen LogP contribution in [0, 0.1) is 6.92 Å². The maximum atomic E-state index is 13.2. The lowest BCUT2D eigenvalue weighted by molar-refractivity contribution is -0.135. The van der Waals surface area contributed by atoms with Crippen molar-refractivity contribution in [3.8, 4) is 0 Å². The lowest BCUT2D eigenvalue weighted by Crippen LogP contribution is -2.43. The summed E-state index contributed by atoms with van der Waals surface area (Å²) in [6.45, 7) is 5.00. The van der Waals surface area contributed by atoms with Crippen molar-refractivity contribution in [2.45, 2.75) is 56.3 Å². The minimum absolute atomic E-state index is 0.0467. The van der Waals surface area contributed by atoms with Crippen LogP contribution in [0.3, 0.4) is 0 Å². The summed E-state index contributed by atoms with van der Waals surface area (Å²) >= 11 is 0. The van der Waals surface area contributed by atoms with Gasteiger partial charge in [0.25, 0.3) is 0 Å². The number of aryl methyl sites for hydroxylation is 1. The van der Waals surface area contributed by atoms with Crippen molar-refractivity contribution in [2.75, 3.05) is 6.54 Å². The summed E-state index contributed by atoms with van der Waals surface area (Å²) in [5.41, 5.74) is 2.63. The van der Waals surface area contributed by atoms with Gasteiger partial charge in [-0.15, -0.1) is 0 Å². The number of fused-ring (bicyclic) bond motifs is 1. The monoisotopic (exact) mass is 424 g/mol. The number of sulfone groups is 1. The van der Waals surface area contributed by atoms with Gasteiger partial charge in [-0.05, 0) is 44.7 Å². The Balaban J connectivity index is 1.66. The number of likely N-dealkylation sites (tertiary alicyclic amines) is 1. The summed E-state index contributed by atoms with van der Waals surface area (Å²) in [7, 11) is -3.55. The number of carbonyl (C=O) groups excluding carboxylic acids is 1. The molecule has 30 heavy (non-hydrogen) atoms. The van der Waals surface area contributed by atoms with Crippen molar-refractivity contribution in [1.29, 1.82) is 0 Å². The third-order valence-corrected chi connectivity index (χ3v) is 7.70. The molecule has 2 heterocycles. The van der Waals surface area contributed by atoms with E-state index in [1.807, 2.05) is 60.4 Å². The molecule has 0 bridgehead atoms. The normalized spacial score (nSPS) is 17.4. The first-order chi connectivity index (χ1) is 14.3. The minimum Gasteiger partial charge on any atom is -0.338 e. The molecule has 0 aliphatic carbocycles. The predicted octanol–water partition coefficient (Wildman–Crippen LogP) is 4.32. The highest BCUT2D eigenvalue weighted by molar-refractivity contribution is 7.90. The van der Waals surface area contributed by atoms with Crippen LogP contribution in [0.2, 0.25) is 0 Å². The van der Waals surface area contributed by atoms with Gasteiger partial charge in [-0.2, -0.15) is 0 Å². The molecule has 1 unspecified atom stereocenters. The van der Waals surface area contributed by atoms with E-state index in [1.54, 1.807) is 10.8 Å². The van der Waals surface area contributed by atoms with Crippen LogP contribution in [0.1, 0.15) is 37.3 Å². The second-order valence-corrected chi connectivity index (χ2v) is 10.3. The quantitative estimate of drug-likeness (QED) is 0.613. The average Bonchev–Trinajstić information content (AvgIpc) is 3.09. The van der Waals surface area contributed by atoms with Gasteiger partial charge < -0.3 is 9.47 Å². The number of nitrogens with zero attached hydrogens (tertiary/aromatic N) is 2. The molecule has 6 heteroatoms. The molecule has 158 valence electrons. The van der Waals surface area contributed by atoms with Crippen molar-refractivity contribution >= 4 is 26.6 Å². The molecule has 0 radical (unpaired) electrons. The molecule has 5 nitrogen and oxygen atoms in total. The fourth-order valence-corrected chi connectivity index (χ4v) is 5.86. The molecule has 4 rings (SSSR count). The lowest BCUT2D eigenvalue weighted by Gasteiger charge is -2.33. The molecule has 2 aromatic carbocycles. The molecular weight excluding hydrogens is 396 g/mol. The van der Waals surface area contributed by atoms with E-state index in [0.29, 0.717) is 5.39 Å². The molecule has 0 spiro atoms. The van der Waals surface area contributed by atoms with Crippen molar-refractivity contribution in [1.82, 2.24) is 9.47 Å². The van der Waals surface area contributed by atoms with E-state index in [-0.39, 0.29) is 29.1 Å². The lowest BCUT2D eigenvalue weighted by atomic mass is 10.0. The molecule has 1 saturated heterocycles. The SMILES string of the molecule is Cc1ccc(CS(=O)(=O)c2cn(CC(=O)N3CCCCC3C)c3ccccc23)cc1.